The number of ether oxygens (including phenoxy) is 1. The van der Waals surface area contributed by atoms with Crippen molar-refractivity contribution >= 4 is 11.7 Å². The Balaban J connectivity index is 2.57. The highest BCUT2D eigenvalue weighted by atomic mass is 16.6. The molecule has 26 heavy (non-hydrogen) atoms. The summed E-state index contributed by atoms with van der Waals surface area (Å²) in [6, 6.07) is 13.7. The van der Waals surface area contributed by atoms with Crippen LogP contribution in [0.15, 0.2) is 48.5 Å². The third-order valence-corrected chi connectivity index (χ3v) is 4.25. The van der Waals surface area contributed by atoms with Crippen LogP contribution in [0, 0.1) is 10.1 Å². The molecule has 0 saturated carbocycles. The maximum Gasteiger partial charge on any atom is 0.343 e. The second-order valence-corrected chi connectivity index (χ2v) is 6.04. The number of benzene rings is 2. The number of esters is 1. The van der Waals surface area contributed by atoms with Crippen LogP contribution in [0.1, 0.15) is 38.7 Å². The summed E-state index contributed by atoms with van der Waals surface area (Å²) in [5.41, 5.74) is -0.908. The van der Waals surface area contributed by atoms with Crippen LogP contribution in [0.4, 0.5) is 5.69 Å². The van der Waals surface area contributed by atoms with Gasteiger partial charge in [0.05, 0.1) is 17.1 Å². The van der Waals surface area contributed by atoms with E-state index in [1.54, 1.807) is 13.0 Å². The number of nitrogens with zero attached hydrogens (tertiary/aromatic N) is 1. The first-order valence-corrected chi connectivity index (χ1v) is 8.68. The van der Waals surface area contributed by atoms with Crippen molar-refractivity contribution in [1.82, 2.24) is 0 Å². The molecule has 0 amide bonds. The van der Waals surface area contributed by atoms with E-state index in [1.165, 1.54) is 12.1 Å². The van der Waals surface area contributed by atoms with Crippen molar-refractivity contribution in [3.05, 3.63) is 64.2 Å². The molecule has 0 radical (unpaired) electrons. The molecule has 6 heteroatoms. The lowest BCUT2D eigenvalue weighted by molar-refractivity contribution is -0.386. The van der Waals surface area contributed by atoms with Gasteiger partial charge in [-0.15, -0.1) is 0 Å². The third-order valence-electron chi connectivity index (χ3n) is 4.25. The topological polar surface area (TPSA) is 89.7 Å². The maximum absolute atomic E-state index is 12.4. The number of nitro groups is 1. The number of unbranched alkanes of at least 4 members (excludes halogenated alkanes) is 1. The van der Waals surface area contributed by atoms with Gasteiger partial charge in [0.15, 0.2) is 5.60 Å². The Bertz CT molecular complexity index is 775. The minimum Gasteiger partial charge on any atom is -0.464 e. The summed E-state index contributed by atoms with van der Waals surface area (Å²) in [4.78, 5) is 23.5. The monoisotopic (exact) mass is 357 g/mol. The summed E-state index contributed by atoms with van der Waals surface area (Å²) in [6.45, 7) is 3.63. The summed E-state index contributed by atoms with van der Waals surface area (Å²) in [6.07, 6.45) is 1.33. The Morgan fingerprint density at radius 3 is 2.42 bits per heavy atom. The zero-order chi connectivity index (χ0) is 19.2. The smallest absolute Gasteiger partial charge is 0.343 e. The van der Waals surface area contributed by atoms with Crippen molar-refractivity contribution in [2.24, 2.45) is 0 Å². The zero-order valence-electron chi connectivity index (χ0n) is 15.0. The Hall–Kier alpha value is -2.73. The van der Waals surface area contributed by atoms with E-state index in [2.05, 4.69) is 0 Å². The number of hydrogen-bond donors (Lipinski definition) is 1. The Labute approximate surface area is 152 Å². The van der Waals surface area contributed by atoms with Gasteiger partial charge in [0.2, 0.25) is 0 Å². The van der Waals surface area contributed by atoms with Gasteiger partial charge >= 0.3 is 5.97 Å². The zero-order valence-corrected chi connectivity index (χ0v) is 15.0. The SMILES string of the molecule is CCCCC(O)(C(=O)OCC)c1ccc(-c2ccccc2)cc1[N+](=O)[O-]. The fourth-order valence-corrected chi connectivity index (χ4v) is 2.87. The lowest BCUT2D eigenvalue weighted by Gasteiger charge is -2.26. The third kappa shape index (κ3) is 4.08. The Kier molecular flexibility index (Phi) is 6.46. The average molecular weight is 357 g/mol. The van der Waals surface area contributed by atoms with E-state index in [0.29, 0.717) is 12.0 Å². The highest BCUT2D eigenvalue weighted by molar-refractivity contribution is 5.83. The Morgan fingerprint density at radius 1 is 1.15 bits per heavy atom. The molecule has 138 valence electrons. The van der Waals surface area contributed by atoms with E-state index in [0.717, 1.165) is 12.0 Å². The van der Waals surface area contributed by atoms with E-state index in [1.807, 2.05) is 37.3 Å². The van der Waals surface area contributed by atoms with Crippen LogP contribution in [-0.4, -0.2) is 22.6 Å². The molecular formula is C20H23NO5. The molecule has 6 nitrogen and oxygen atoms in total. The summed E-state index contributed by atoms with van der Waals surface area (Å²) in [5.74, 6) is -0.857. The first-order valence-electron chi connectivity index (χ1n) is 8.68. The van der Waals surface area contributed by atoms with Crippen LogP contribution >= 0.6 is 0 Å². The number of aliphatic hydroxyl groups is 1. The van der Waals surface area contributed by atoms with E-state index < -0.39 is 16.5 Å². The summed E-state index contributed by atoms with van der Waals surface area (Å²) in [7, 11) is 0. The molecule has 1 unspecified atom stereocenters. The van der Waals surface area contributed by atoms with Crippen LogP contribution in [-0.2, 0) is 15.1 Å². The molecule has 0 aliphatic rings. The van der Waals surface area contributed by atoms with Crippen molar-refractivity contribution in [3.63, 3.8) is 0 Å². The molecule has 0 spiro atoms. The first kappa shape index (κ1) is 19.6. The molecule has 0 aliphatic carbocycles. The minimum atomic E-state index is -2.04. The van der Waals surface area contributed by atoms with Gasteiger partial charge in [-0.25, -0.2) is 4.79 Å². The molecule has 0 aromatic heterocycles. The molecule has 0 heterocycles. The van der Waals surface area contributed by atoms with Crippen molar-refractivity contribution in [2.75, 3.05) is 6.61 Å². The van der Waals surface area contributed by atoms with Gasteiger partial charge in [-0.1, -0.05) is 49.7 Å². The van der Waals surface area contributed by atoms with Crippen LogP contribution < -0.4 is 0 Å². The predicted molar refractivity (Wildman–Crippen MR) is 98.6 cm³/mol. The largest absolute Gasteiger partial charge is 0.464 e. The molecular weight excluding hydrogens is 334 g/mol. The number of rotatable bonds is 8. The van der Waals surface area contributed by atoms with Gasteiger partial charge in [0.25, 0.3) is 5.69 Å². The number of nitro benzene ring substituents is 1. The molecule has 1 N–H and O–H groups in total. The van der Waals surface area contributed by atoms with Gasteiger partial charge in [0.1, 0.15) is 0 Å². The predicted octanol–water partition coefficient (Wildman–Crippen LogP) is 4.20. The normalized spacial score (nSPS) is 13.0. The van der Waals surface area contributed by atoms with Crippen LogP contribution in [0.25, 0.3) is 11.1 Å². The van der Waals surface area contributed by atoms with Crippen molar-refractivity contribution in [1.29, 1.82) is 0 Å². The lowest BCUT2D eigenvalue weighted by Crippen LogP contribution is -2.38. The fourth-order valence-electron chi connectivity index (χ4n) is 2.87. The second-order valence-electron chi connectivity index (χ2n) is 6.04. The second kappa shape index (κ2) is 8.58. The molecule has 0 aliphatic heterocycles. The van der Waals surface area contributed by atoms with Gasteiger partial charge in [-0.2, -0.15) is 0 Å². The van der Waals surface area contributed by atoms with Crippen molar-refractivity contribution in [3.8, 4) is 11.1 Å². The number of carbonyl (C=O) groups is 1. The van der Waals surface area contributed by atoms with Crippen LogP contribution in [0.3, 0.4) is 0 Å². The van der Waals surface area contributed by atoms with Gasteiger partial charge in [-0.05, 0) is 37.0 Å². The molecule has 1 atom stereocenters. The summed E-state index contributed by atoms with van der Waals surface area (Å²) in [5, 5.41) is 22.7. The average Bonchev–Trinajstić information content (AvgIpc) is 2.66. The van der Waals surface area contributed by atoms with E-state index in [-0.39, 0.29) is 24.3 Å². The fraction of sp³-hybridized carbons (Fsp3) is 0.350. The van der Waals surface area contributed by atoms with Gasteiger partial charge < -0.3 is 9.84 Å². The quantitative estimate of drug-likeness (QED) is 0.434. The van der Waals surface area contributed by atoms with Crippen LogP contribution in [0.5, 0.6) is 0 Å². The van der Waals surface area contributed by atoms with Crippen LogP contribution in [0.2, 0.25) is 0 Å². The lowest BCUT2D eigenvalue weighted by atomic mass is 9.86. The Morgan fingerprint density at radius 2 is 1.85 bits per heavy atom. The molecule has 0 saturated heterocycles. The molecule has 2 rings (SSSR count). The highest BCUT2D eigenvalue weighted by Gasteiger charge is 2.43. The first-order chi connectivity index (χ1) is 12.4. The molecule has 0 fully saturated rings. The number of carbonyl (C=O) groups excluding carboxylic acids is 1. The van der Waals surface area contributed by atoms with Crippen molar-refractivity contribution in [2.45, 2.75) is 38.7 Å². The molecule has 2 aromatic rings. The van der Waals surface area contributed by atoms with E-state index >= 15 is 0 Å². The summed E-state index contributed by atoms with van der Waals surface area (Å²) >= 11 is 0. The van der Waals surface area contributed by atoms with E-state index in [9.17, 15) is 20.0 Å². The molecule has 0 bridgehead atoms. The molecule has 2 aromatic carbocycles. The minimum absolute atomic E-state index is 0.0333. The van der Waals surface area contributed by atoms with Gasteiger partial charge in [-0.3, -0.25) is 10.1 Å². The van der Waals surface area contributed by atoms with Gasteiger partial charge in [0, 0.05) is 6.07 Å². The summed E-state index contributed by atoms with van der Waals surface area (Å²) < 4.78 is 5.00. The van der Waals surface area contributed by atoms with E-state index in [4.69, 9.17) is 4.74 Å². The maximum atomic E-state index is 12.4. The number of hydrogen-bond acceptors (Lipinski definition) is 5. The van der Waals surface area contributed by atoms with Crippen molar-refractivity contribution < 1.29 is 19.6 Å². The standard InChI is InChI=1S/C20H23NO5/c1-3-5-13-20(23,19(22)26-4-2)17-12-11-16(14-18(17)21(24)25)15-9-7-6-8-10-15/h6-12,14,23H,3-5,13H2,1-2H3. The highest BCUT2D eigenvalue weighted by Crippen LogP contribution is 2.37.